The summed E-state index contributed by atoms with van der Waals surface area (Å²) in [7, 11) is 1.91. The van der Waals surface area contributed by atoms with Gasteiger partial charge in [0.2, 0.25) is 5.88 Å². The first-order chi connectivity index (χ1) is 9.85. The Hall–Kier alpha value is -2.46. The molecule has 0 saturated heterocycles. The van der Waals surface area contributed by atoms with E-state index in [2.05, 4.69) is 15.3 Å². The van der Waals surface area contributed by atoms with E-state index in [-0.39, 0.29) is 0 Å². The number of pyridine rings is 2. The first-order valence-electron chi connectivity index (χ1n) is 6.47. The monoisotopic (exact) mass is 265 g/mol. The maximum atomic E-state index is 5.73. The summed E-state index contributed by atoms with van der Waals surface area (Å²) in [6.07, 6.45) is 3.52. The molecule has 2 heterocycles. The Balaban J connectivity index is 1.81. The molecule has 100 valence electrons. The molecule has 0 fully saturated rings. The predicted molar refractivity (Wildman–Crippen MR) is 78.8 cm³/mol. The van der Waals surface area contributed by atoms with Gasteiger partial charge < -0.3 is 10.1 Å². The van der Waals surface area contributed by atoms with Crippen molar-refractivity contribution in [2.75, 3.05) is 7.05 Å². The van der Waals surface area contributed by atoms with Crippen LogP contribution in [0.2, 0.25) is 0 Å². The normalized spacial score (nSPS) is 10.7. The number of hydrogen-bond acceptors (Lipinski definition) is 4. The van der Waals surface area contributed by atoms with Gasteiger partial charge in [-0.15, -0.1) is 0 Å². The number of hydrogen-bond donors (Lipinski definition) is 1. The number of nitrogens with one attached hydrogen (secondary N) is 1. The number of fused-ring (bicyclic) bond motifs is 1. The highest BCUT2D eigenvalue weighted by Gasteiger charge is 2.01. The van der Waals surface area contributed by atoms with Crippen LogP contribution in [-0.2, 0) is 6.54 Å². The van der Waals surface area contributed by atoms with Crippen LogP contribution in [0.15, 0.2) is 54.9 Å². The smallest absolute Gasteiger partial charge is 0.219 e. The molecule has 0 saturated carbocycles. The van der Waals surface area contributed by atoms with Crippen molar-refractivity contribution >= 4 is 10.9 Å². The summed E-state index contributed by atoms with van der Waals surface area (Å²) in [6.45, 7) is 0.796. The van der Waals surface area contributed by atoms with Crippen LogP contribution in [0.25, 0.3) is 10.9 Å². The van der Waals surface area contributed by atoms with E-state index < -0.39 is 0 Å². The van der Waals surface area contributed by atoms with Gasteiger partial charge in [0, 0.05) is 24.2 Å². The lowest BCUT2D eigenvalue weighted by molar-refractivity contribution is 0.461. The lowest BCUT2D eigenvalue weighted by atomic mass is 10.2. The molecule has 0 aliphatic carbocycles. The van der Waals surface area contributed by atoms with Gasteiger partial charge in [-0.2, -0.15) is 0 Å². The minimum absolute atomic E-state index is 0.571. The lowest BCUT2D eigenvalue weighted by Crippen LogP contribution is -2.05. The maximum Gasteiger partial charge on any atom is 0.219 e. The molecule has 0 bridgehead atoms. The SMILES string of the molecule is CNCc1ccc(Oc2cnc3ccccc3c2)nc1. The zero-order valence-electron chi connectivity index (χ0n) is 11.2. The Morgan fingerprint density at radius 1 is 1.05 bits per heavy atom. The lowest BCUT2D eigenvalue weighted by Gasteiger charge is -2.06. The molecule has 1 aromatic carbocycles. The molecule has 20 heavy (non-hydrogen) atoms. The van der Waals surface area contributed by atoms with Crippen molar-refractivity contribution < 1.29 is 4.74 Å². The second kappa shape index (κ2) is 5.67. The second-order valence-corrected chi connectivity index (χ2v) is 4.50. The average Bonchev–Trinajstić information content (AvgIpc) is 2.49. The van der Waals surface area contributed by atoms with Gasteiger partial charge in [0.1, 0.15) is 5.75 Å². The Morgan fingerprint density at radius 2 is 1.95 bits per heavy atom. The first-order valence-corrected chi connectivity index (χ1v) is 6.47. The Bertz CT molecular complexity index is 710. The predicted octanol–water partition coefficient (Wildman–Crippen LogP) is 3.14. The number of aromatic nitrogens is 2. The molecule has 4 heteroatoms. The third-order valence-corrected chi connectivity index (χ3v) is 2.97. The average molecular weight is 265 g/mol. The van der Waals surface area contributed by atoms with Crippen molar-refractivity contribution in [1.82, 2.24) is 15.3 Å². The van der Waals surface area contributed by atoms with E-state index in [9.17, 15) is 0 Å². The summed E-state index contributed by atoms with van der Waals surface area (Å²) >= 11 is 0. The molecule has 0 aliphatic rings. The zero-order chi connectivity index (χ0) is 13.8. The third kappa shape index (κ3) is 2.75. The highest BCUT2D eigenvalue weighted by molar-refractivity contribution is 5.79. The highest BCUT2D eigenvalue weighted by atomic mass is 16.5. The van der Waals surface area contributed by atoms with Gasteiger partial charge in [-0.25, -0.2) is 4.98 Å². The van der Waals surface area contributed by atoms with Gasteiger partial charge in [-0.05, 0) is 24.7 Å². The molecule has 3 rings (SSSR count). The minimum atomic E-state index is 0.571. The Kier molecular flexibility index (Phi) is 3.56. The van der Waals surface area contributed by atoms with Crippen molar-refractivity contribution in [2.45, 2.75) is 6.54 Å². The second-order valence-electron chi connectivity index (χ2n) is 4.50. The summed E-state index contributed by atoms with van der Waals surface area (Å²) in [5.74, 6) is 1.26. The van der Waals surface area contributed by atoms with E-state index in [1.807, 2.05) is 49.5 Å². The molecular formula is C16H15N3O. The quantitative estimate of drug-likeness (QED) is 0.787. The van der Waals surface area contributed by atoms with E-state index in [1.165, 1.54) is 0 Å². The van der Waals surface area contributed by atoms with Gasteiger partial charge >= 0.3 is 0 Å². The van der Waals surface area contributed by atoms with Crippen molar-refractivity contribution in [3.05, 3.63) is 60.4 Å². The van der Waals surface area contributed by atoms with E-state index in [4.69, 9.17) is 4.74 Å². The van der Waals surface area contributed by atoms with Gasteiger partial charge in [-0.1, -0.05) is 24.3 Å². The number of benzene rings is 1. The molecule has 0 aliphatic heterocycles. The molecule has 0 unspecified atom stereocenters. The summed E-state index contributed by atoms with van der Waals surface area (Å²) in [5.41, 5.74) is 2.08. The third-order valence-electron chi connectivity index (χ3n) is 2.97. The van der Waals surface area contributed by atoms with Crippen LogP contribution in [-0.4, -0.2) is 17.0 Å². The molecule has 4 nitrogen and oxygen atoms in total. The molecule has 3 aromatic rings. The van der Waals surface area contributed by atoms with Gasteiger partial charge in [-0.3, -0.25) is 4.98 Å². The molecule has 2 aromatic heterocycles. The highest BCUT2D eigenvalue weighted by Crippen LogP contribution is 2.22. The van der Waals surface area contributed by atoms with E-state index in [0.717, 1.165) is 23.0 Å². The van der Waals surface area contributed by atoms with E-state index in [1.54, 1.807) is 12.4 Å². The van der Waals surface area contributed by atoms with E-state index in [0.29, 0.717) is 11.6 Å². The fourth-order valence-corrected chi connectivity index (χ4v) is 2.01. The summed E-state index contributed by atoms with van der Waals surface area (Å²) in [5, 5.41) is 4.14. The first kappa shape index (κ1) is 12.6. The zero-order valence-corrected chi connectivity index (χ0v) is 11.2. The van der Waals surface area contributed by atoms with Crippen LogP contribution in [0.5, 0.6) is 11.6 Å². The molecule has 0 spiro atoms. The van der Waals surface area contributed by atoms with Crippen molar-refractivity contribution in [3.63, 3.8) is 0 Å². The van der Waals surface area contributed by atoms with Crippen molar-refractivity contribution in [2.24, 2.45) is 0 Å². The molecular weight excluding hydrogens is 250 g/mol. The topological polar surface area (TPSA) is 47.0 Å². The van der Waals surface area contributed by atoms with Crippen LogP contribution < -0.4 is 10.1 Å². The van der Waals surface area contributed by atoms with Crippen LogP contribution in [0.4, 0.5) is 0 Å². The standard InChI is InChI=1S/C16H15N3O/c1-17-9-12-6-7-16(19-10-12)20-14-8-13-4-2-3-5-15(13)18-11-14/h2-8,10-11,17H,9H2,1H3. The Labute approximate surface area is 117 Å². The summed E-state index contributed by atoms with van der Waals surface area (Å²) in [4.78, 5) is 8.64. The fraction of sp³-hybridized carbons (Fsp3) is 0.125. The molecule has 0 atom stereocenters. The van der Waals surface area contributed by atoms with Gasteiger partial charge in [0.25, 0.3) is 0 Å². The molecule has 0 radical (unpaired) electrons. The molecule has 1 N–H and O–H groups in total. The van der Waals surface area contributed by atoms with Gasteiger partial charge in [0.15, 0.2) is 0 Å². The molecule has 0 amide bonds. The Morgan fingerprint density at radius 3 is 2.75 bits per heavy atom. The van der Waals surface area contributed by atoms with Crippen LogP contribution in [0.1, 0.15) is 5.56 Å². The van der Waals surface area contributed by atoms with Crippen LogP contribution in [0.3, 0.4) is 0 Å². The van der Waals surface area contributed by atoms with Crippen molar-refractivity contribution in [3.8, 4) is 11.6 Å². The number of para-hydroxylation sites is 1. The summed E-state index contributed by atoms with van der Waals surface area (Å²) in [6, 6.07) is 13.8. The fourth-order valence-electron chi connectivity index (χ4n) is 2.01. The number of rotatable bonds is 4. The van der Waals surface area contributed by atoms with Crippen LogP contribution >= 0.6 is 0 Å². The van der Waals surface area contributed by atoms with Crippen LogP contribution in [0, 0.1) is 0 Å². The van der Waals surface area contributed by atoms with Crippen molar-refractivity contribution in [1.29, 1.82) is 0 Å². The largest absolute Gasteiger partial charge is 0.437 e. The maximum absolute atomic E-state index is 5.73. The minimum Gasteiger partial charge on any atom is -0.437 e. The van der Waals surface area contributed by atoms with Gasteiger partial charge in [0.05, 0.1) is 11.7 Å². The number of ether oxygens (including phenoxy) is 1. The number of nitrogens with zero attached hydrogens (tertiary/aromatic N) is 2. The van der Waals surface area contributed by atoms with E-state index >= 15 is 0 Å². The summed E-state index contributed by atoms with van der Waals surface area (Å²) < 4.78 is 5.73.